The molecule has 1 aromatic rings. The lowest BCUT2D eigenvalue weighted by molar-refractivity contribution is 0.187. The van der Waals surface area contributed by atoms with E-state index in [0.717, 1.165) is 0 Å². The van der Waals surface area contributed by atoms with Crippen LogP contribution in [0.3, 0.4) is 0 Å². The Morgan fingerprint density at radius 1 is 1.83 bits per heavy atom. The molecule has 1 rings (SSSR count). The van der Waals surface area contributed by atoms with E-state index in [9.17, 15) is 5.11 Å². The number of rotatable bonds is 3. The van der Waals surface area contributed by atoms with Crippen molar-refractivity contribution < 1.29 is 10.2 Å². The highest BCUT2D eigenvalue weighted by Gasteiger charge is 2.09. The van der Waals surface area contributed by atoms with Gasteiger partial charge in [-0.25, -0.2) is 4.98 Å². The van der Waals surface area contributed by atoms with Crippen molar-refractivity contribution in [1.29, 1.82) is 0 Å². The smallest absolute Gasteiger partial charge is 0.141 e. The van der Waals surface area contributed by atoms with Gasteiger partial charge in [0.2, 0.25) is 0 Å². The zero-order chi connectivity index (χ0) is 9.14. The maximum absolute atomic E-state index is 9.23. The normalized spacial score (nSPS) is 12.9. The summed E-state index contributed by atoms with van der Waals surface area (Å²) in [4.78, 5) is 3.99. The van der Waals surface area contributed by atoms with Crippen LogP contribution in [-0.4, -0.2) is 19.8 Å². The number of imidazole rings is 1. The fourth-order valence-electron chi connectivity index (χ4n) is 0.992. The Labute approximate surface area is 70.8 Å². The minimum Gasteiger partial charge on any atom is -0.390 e. The van der Waals surface area contributed by atoms with Crippen LogP contribution in [0.5, 0.6) is 0 Å². The molecule has 2 N–H and O–H groups in total. The lowest BCUT2D eigenvalue weighted by Gasteiger charge is -2.02. The van der Waals surface area contributed by atoms with Crippen LogP contribution in [0, 0.1) is 0 Å². The first-order valence-electron chi connectivity index (χ1n) is 3.68. The highest BCUT2D eigenvalue weighted by Crippen LogP contribution is 2.12. The number of aromatic nitrogens is 2. The fourth-order valence-corrected chi connectivity index (χ4v) is 0.992. The molecule has 0 saturated carbocycles. The van der Waals surface area contributed by atoms with Crippen molar-refractivity contribution in [3.63, 3.8) is 0 Å². The average Bonchev–Trinajstić information content (AvgIpc) is 2.47. The van der Waals surface area contributed by atoms with E-state index < -0.39 is 6.10 Å². The first-order chi connectivity index (χ1) is 5.69. The van der Waals surface area contributed by atoms with Crippen molar-refractivity contribution in [1.82, 2.24) is 9.55 Å². The molecular formula is C8H12N2O2. The summed E-state index contributed by atoms with van der Waals surface area (Å²) < 4.78 is 1.59. The van der Waals surface area contributed by atoms with E-state index in [0.29, 0.717) is 11.5 Å². The highest BCUT2D eigenvalue weighted by molar-refractivity contribution is 5.23. The molecule has 1 unspecified atom stereocenters. The summed E-state index contributed by atoms with van der Waals surface area (Å²) in [5.74, 6) is 0.494. The zero-order valence-corrected chi connectivity index (χ0v) is 6.94. The van der Waals surface area contributed by atoms with Crippen molar-refractivity contribution in [2.75, 3.05) is 0 Å². The van der Waals surface area contributed by atoms with Gasteiger partial charge in [0.05, 0.1) is 12.3 Å². The van der Waals surface area contributed by atoms with E-state index in [1.54, 1.807) is 17.7 Å². The second kappa shape index (κ2) is 3.51. The van der Waals surface area contributed by atoms with Gasteiger partial charge in [-0.15, -0.1) is 0 Å². The third kappa shape index (κ3) is 1.54. The first kappa shape index (κ1) is 8.96. The molecule has 1 atom stereocenters. The number of aliphatic hydroxyl groups excluding tert-OH is 2. The number of aliphatic hydroxyl groups is 2. The van der Waals surface area contributed by atoms with Gasteiger partial charge < -0.3 is 14.8 Å². The van der Waals surface area contributed by atoms with Crippen molar-refractivity contribution in [2.24, 2.45) is 0 Å². The maximum atomic E-state index is 9.23. The van der Waals surface area contributed by atoms with Crippen molar-refractivity contribution in [3.8, 4) is 0 Å². The molecular weight excluding hydrogens is 156 g/mol. The van der Waals surface area contributed by atoms with Gasteiger partial charge in [-0.05, 0) is 6.92 Å². The lowest BCUT2D eigenvalue weighted by Crippen LogP contribution is -1.99. The predicted molar refractivity (Wildman–Crippen MR) is 45.2 cm³/mol. The van der Waals surface area contributed by atoms with E-state index in [1.165, 1.54) is 6.20 Å². The van der Waals surface area contributed by atoms with Gasteiger partial charge in [0, 0.05) is 12.4 Å². The number of hydrogen-bond acceptors (Lipinski definition) is 3. The largest absolute Gasteiger partial charge is 0.390 e. The summed E-state index contributed by atoms with van der Waals surface area (Å²) >= 11 is 0. The monoisotopic (exact) mass is 168 g/mol. The Bertz CT molecular complexity index is 279. The molecule has 0 aliphatic carbocycles. The highest BCUT2D eigenvalue weighted by atomic mass is 16.3. The first-order valence-corrected chi connectivity index (χ1v) is 3.68. The molecule has 0 spiro atoms. The molecule has 0 amide bonds. The fraction of sp³-hybridized carbons (Fsp3) is 0.375. The molecule has 12 heavy (non-hydrogen) atoms. The molecule has 0 saturated heterocycles. The predicted octanol–water partition coefficient (Wildman–Crippen LogP) is 0.529. The Kier molecular flexibility index (Phi) is 2.62. The topological polar surface area (TPSA) is 58.3 Å². The zero-order valence-electron chi connectivity index (χ0n) is 6.94. The number of nitrogens with zero attached hydrogens (tertiary/aromatic N) is 2. The molecule has 1 heterocycles. The molecule has 0 radical (unpaired) electrons. The van der Waals surface area contributed by atoms with E-state index >= 15 is 0 Å². The minimum absolute atomic E-state index is 0.124. The van der Waals surface area contributed by atoms with Gasteiger partial charge in [0.1, 0.15) is 11.9 Å². The van der Waals surface area contributed by atoms with Gasteiger partial charge in [0.25, 0.3) is 0 Å². The quantitative estimate of drug-likeness (QED) is 0.692. The third-order valence-corrected chi connectivity index (χ3v) is 1.54. The van der Waals surface area contributed by atoms with Gasteiger partial charge in [-0.3, -0.25) is 0 Å². The molecule has 66 valence electrons. The van der Waals surface area contributed by atoms with Crippen LogP contribution >= 0.6 is 0 Å². The van der Waals surface area contributed by atoms with Crippen molar-refractivity contribution in [3.05, 3.63) is 24.3 Å². The van der Waals surface area contributed by atoms with Gasteiger partial charge in [-0.1, -0.05) is 6.58 Å². The van der Waals surface area contributed by atoms with Gasteiger partial charge in [-0.2, -0.15) is 0 Å². The summed E-state index contributed by atoms with van der Waals surface area (Å²) in [5, 5.41) is 18.0. The van der Waals surface area contributed by atoms with E-state index in [-0.39, 0.29) is 6.61 Å². The van der Waals surface area contributed by atoms with Crippen LogP contribution in [0.2, 0.25) is 0 Å². The van der Waals surface area contributed by atoms with Crippen LogP contribution in [0.4, 0.5) is 0 Å². The van der Waals surface area contributed by atoms with Crippen LogP contribution in [0.1, 0.15) is 24.5 Å². The molecule has 1 aromatic heterocycles. The maximum Gasteiger partial charge on any atom is 0.141 e. The van der Waals surface area contributed by atoms with E-state index in [1.807, 2.05) is 0 Å². The molecule has 0 bridgehead atoms. The molecule has 0 aliphatic heterocycles. The Morgan fingerprint density at radius 3 is 2.83 bits per heavy atom. The van der Waals surface area contributed by atoms with Crippen LogP contribution in [-0.2, 0) is 6.61 Å². The standard InChI is InChI=1S/C8H12N2O2/c1-3-10-4-7(5-11)9-8(10)6(2)12/h3-4,6,11-12H,1,5H2,2H3. The molecule has 4 heteroatoms. The van der Waals surface area contributed by atoms with E-state index in [4.69, 9.17) is 5.11 Å². The Hall–Kier alpha value is -1.13. The van der Waals surface area contributed by atoms with E-state index in [2.05, 4.69) is 11.6 Å². The summed E-state index contributed by atoms with van der Waals surface area (Å²) in [6.45, 7) is 5.04. The number of hydrogen-bond donors (Lipinski definition) is 2. The molecule has 0 aromatic carbocycles. The Morgan fingerprint density at radius 2 is 2.50 bits per heavy atom. The van der Waals surface area contributed by atoms with Crippen molar-refractivity contribution >= 4 is 6.20 Å². The van der Waals surface area contributed by atoms with Gasteiger partial charge in [0.15, 0.2) is 0 Å². The molecule has 0 fully saturated rings. The van der Waals surface area contributed by atoms with Crippen molar-refractivity contribution in [2.45, 2.75) is 19.6 Å². The Balaban J connectivity index is 3.08. The average molecular weight is 168 g/mol. The summed E-state index contributed by atoms with van der Waals surface area (Å²) in [6, 6.07) is 0. The van der Waals surface area contributed by atoms with Crippen LogP contribution in [0.15, 0.2) is 12.8 Å². The summed E-state index contributed by atoms with van der Waals surface area (Å²) in [7, 11) is 0. The van der Waals surface area contributed by atoms with Gasteiger partial charge >= 0.3 is 0 Å². The molecule has 0 aliphatic rings. The summed E-state index contributed by atoms with van der Waals surface area (Å²) in [5.41, 5.74) is 0.533. The minimum atomic E-state index is -0.650. The molecule has 4 nitrogen and oxygen atoms in total. The third-order valence-electron chi connectivity index (χ3n) is 1.54. The summed E-state index contributed by atoms with van der Waals surface area (Å²) in [6.07, 6.45) is 2.52. The van der Waals surface area contributed by atoms with Crippen LogP contribution < -0.4 is 0 Å². The second-order valence-corrected chi connectivity index (χ2v) is 2.51. The SMILES string of the molecule is C=Cn1cc(CO)nc1C(C)O. The lowest BCUT2D eigenvalue weighted by atomic mass is 10.4. The van der Waals surface area contributed by atoms with Crippen LogP contribution in [0.25, 0.3) is 6.20 Å². The second-order valence-electron chi connectivity index (χ2n) is 2.51.